The van der Waals surface area contributed by atoms with Gasteiger partial charge in [0.15, 0.2) is 6.61 Å². The Morgan fingerprint density at radius 2 is 2.04 bits per heavy atom. The SMILES string of the molecule is Cc1cc(=O)oc2cc(OCC(=O)N3CCC(C)CC3)c([N+](=O)[O-])cc12. The van der Waals surface area contributed by atoms with E-state index in [1.807, 2.05) is 0 Å². The van der Waals surface area contributed by atoms with E-state index in [1.54, 1.807) is 11.8 Å². The van der Waals surface area contributed by atoms with Crippen molar-refractivity contribution in [2.24, 2.45) is 5.92 Å². The topological polar surface area (TPSA) is 103 Å². The number of benzene rings is 1. The van der Waals surface area contributed by atoms with Crippen molar-refractivity contribution >= 4 is 22.6 Å². The molecule has 2 aromatic rings. The molecule has 0 aliphatic carbocycles. The second-order valence-corrected chi connectivity index (χ2v) is 6.67. The number of rotatable bonds is 4. The number of hydrogen-bond donors (Lipinski definition) is 0. The van der Waals surface area contributed by atoms with Crippen LogP contribution in [-0.4, -0.2) is 35.4 Å². The molecule has 8 heteroatoms. The highest BCUT2D eigenvalue weighted by atomic mass is 16.6. The molecule has 0 N–H and O–H groups in total. The lowest BCUT2D eigenvalue weighted by Crippen LogP contribution is -2.40. The van der Waals surface area contributed by atoms with Crippen LogP contribution in [0.4, 0.5) is 5.69 Å². The lowest BCUT2D eigenvalue weighted by atomic mass is 9.99. The third-order valence-corrected chi connectivity index (χ3v) is 4.72. The van der Waals surface area contributed by atoms with E-state index in [9.17, 15) is 19.7 Å². The van der Waals surface area contributed by atoms with Crippen LogP contribution >= 0.6 is 0 Å². The normalized spacial score (nSPS) is 15.2. The first-order valence-electron chi connectivity index (χ1n) is 8.48. The van der Waals surface area contributed by atoms with Gasteiger partial charge in [0.25, 0.3) is 5.91 Å². The fraction of sp³-hybridized carbons (Fsp3) is 0.444. The van der Waals surface area contributed by atoms with E-state index >= 15 is 0 Å². The van der Waals surface area contributed by atoms with Gasteiger partial charge in [0.05, 0.1) is 4.92 Å². The van der Waals surface area contributed by atoms with E-state index in [-0.39, 0.29) is 29.5 Å². The number of likely N-dealkylation sites (tertiary alicyclic amines) is 1. The summed E-state index contributed by atoms with van der Waals surface area (Å²) in [7, 11) is 0. The Kier molecular flexibility index (Phi) is 4.92. The van der Waals surface area contributed by atoms with Crippen molar-refractivity contribution in [3.05, 3.63) is 44.3 Å². The minimum absolute atomic E-state index is 0.0880. The van der Waals surface area contributed by atoms with Gasteiger partial charge < -0.3 is 14.1 Å². The predicted molar refractivity (Wildman–Crippen MR) is 94.3 cm³/mol. The summed E-state index contributed by atoms with van der Waals surface area (Å²) in [4.78, 5) is 36.3. The Morgan fingerprint density at radius 1 is 1.35 bits per heavy atom. The molecule has 1 aromatic heterocycles. The van der Waals surface area contributed by atoms with Gasteiger partial charge >= 0.3 is 11.3 Å². The zero-order chi connectivity index (χ0) is 18.8. The molecule has 1 aliphatic heterocycles. The standard InChI is InChI=1S/C18H20N2O6/c1-11-3-5-19(6-4-11)17(21)10-25-16-9-15-13(8-14(16)20(23)24)12(2)7-18(22)26-15/h7-9,11H,3-6,10H2,1-2H3. The highest BCUT2D eigenvalue weighted by Crippen LogP contribution is 2.33. The van der Waals surface area contributed by atoms with Crippen molar-refractivity contribution in [1.29, 1.82) is 0 Å². The molecular weight excluding hydrogens is 340 g/mol. The number of ether oxygens (including phenoxy) is 1. The molecule has 0 unspecified atom stereocenters. The van der Waals surface area contributed by atoms with Gasteiger partial charge in [-0.05, 0) is 31.2 Å². The lowest BCUT2D eigenvalue weighted by Gasteiger charge is -2.30. The number of nitro groups is 1. The number of amides is 1. The van der Waals surface area contributed by atoms with Crippen molar-refractivity contribution in [3.63, 3.8) is 0 Å². The molecule has 138 valence electrons. The van der Waals surface area contributed by atoms with E-state index in [2.05, 4.69) is 6.92 Å². The van der Waals surface area contributed by atoms with Crippen LogP contribution in [-0.2, 0) is 4.79 Å². The molecule has 1 saturated heterocycles. The van der Waals surface area contributed by atoms with Crippen molar-refractivity contribution in [3.8, 4) is 5.75 Å². The van der Waals surface area contributed by atoms with Crippen molar-refractivity contribution in [2.45, 2.75) is 26.7 Å². The van der Waals surface area contributed by atoms with E-state index in [1.165, 1.54) is 18.2 Å². The Labute approximate surface area is 149 Å². The number of piperidine rings is 1. The molecule has 1 aliphatic rings. The maximum atomic E-state index is 12.3. The molecule has 1 amide bonds. The summed E-state index contributed by atoms with van der Waals surface area (Å²) >= 11 is 0. The average molecular weight is 360 g/mol. The molecule has 0 bridgehead atoms. The van der Waals surface area contributed by atoms with E-state index < -0.39 is 10.5 Å². The van der Waals surface area contributed by atoms with Gasteiger partial charge in [-0.2, -0.15) is 0 Å². The largest absolute Gasteiger partial charge is 0.477 e. The molecule has 0 radical (unpaired) electrons. The first-order valence-corrected chi connectivity index (χ1v) is 8.48. The highest BCUT2D eigenvalue weighted by molar-refractivity contribution is 5.85. The molecule has 1 aromatic carbocycles. The third kappa shape index (κ3) is 3.68. The summed E-state index contributed by atoms with van der Waals surface area (Å²) in [5.74, 6) is 0.291. The zero-order valence-electron chi connectivity index (χ0n) is 14.7. The first-order chi connectivity index (χ1) is 12.3. The van der Waals surface area contributed by atoms with E-state index in [0.29, 0.717) is 30.0 Å². The summed E-state index contributed by atoms with van der Waals surface area (Å²) < 4.78 is 10.5. The summed E-state index contributed by atoms with van der Waals surface area (Å²) in [6.45, 7) is 4.85. The average Bonchev–Trinajstić information content (AvgIpc) is 2.59. The van der Waals surface area contributed by atoms with Crippen molar-refractivity contribution in [2.75, 3.05) is 19.7 Å². The van der Waals surface area contributed by atoms with Gasteiger partial charge in [0.2, 0.25) is 5.75 Å². The van der Waals surface area contributed by atoms with Crippen LogP contribution in [0.2, 0.25) is 0 Å². The molecule has 2 heterocycles. The lowest BCUT2D eigenvalue weighted by molar-refractivity contribution is -0.385. The number of carbonyl (C=O) groups excluding carboxylic acids is 1. The first kappa shape index (κ1) is 17.9. The summed E-state index contributed by atoms with van der Waals surface area (Å²) in [6.07, 6.45) is 1.87. The van der Waals surface area contributed by atoms with Crippen LogP contribution in [0.1, 0.15) is 25.3 Å². The smallest absolute Gasteiger partial charge is 0.336 e. The molecule has 26 heavy (non-hydrogen) atoms. The Hall–Kier alpha value is -2.90. The maximum Gasteiger partial charge on any atom is 0.336 e. The fourth-order valence-corrected chi connectivity index (χ4v) is 3.08. The molecule has 0 spiro atoms. The third-order valence-electron chi connectivity index (χ3n) is 4.72. The van der Waals surface area contributed by atoms with Gasteiger partial charge in [0, 0.05) is 36.7 Å². The molecule has 0 atom stereocenters. The molecule has 8 nitrogen and oxygen atoms in total. The second-order valence-electron chi connectivity index (χ2n) is 6.67. The predicted octanol–water partition coefficient (Wildman–Crippen LogP) is 2.65. The van der Waals surface area contributed by atoms with E-state index in [4.69, 9.17) is 9.15 Å². The van der Waals surface area contributed by atoms with Crippen LogP contribution in [0.25, 0.3) is 11.0 Å². The number of nitro benzene ring substituents is 1. The number of hydrogen-bond acceptors (Lipinski definition) is 6. The molecule has 0 saturated carbocycles. The Bertz CT molecular complexity index is 912. The van der Waals surface area contributed by atoms with E-state index in [0.717, 1.165) is 12.8 Å². The van der Waals surface area contributed by atoms with Crippen LogP contribution in [0.5, 0.6) is 5.75 Å². The quantitative estimate of drug-likeness (QED) is 0.472. The van der Waals surface area contributed by atoms with Crippen molar-refractivity contribution < 1.29 is 18.9 Å². The Balaban J connectivity index is 1.84. The number of aryl methyl sites for hydroxylation is 1. The Morgan fingerprint density at radius 3 is 2.69 bits per heavy atom. The summed E-state index contributed by atoms with van der Waals surface area (Å²) in [6, 6.07) is 3.87. The number of nitrogens with zero attached hydrogens (tertiary/aromatic N) is 2. The molecule has 1 fully saturated rings. The van der Waals surface area contributed by atoms with Gasteiger partial charge in [-0.15, -0.1) is 0 Å². The minimum atomic E-state index is -0.577. The van der Waals surface area contributed by atoms with Crippen LogP contribution in [0, 0.1) is 23.0 Å². The number of fused-ring (bicyclic) bond motifs is 1. The van der Waals surface area contributed by atoms with Crippen molar-refractivity contribution in [1.82, 2.24) is 4.90 Å². The van der Waals surface area contributed by atoms with Gasteiger partial charge in [-0.3, -0.25) is 14.9 Å². The summed E-state index contributed by atoms with van der Waals surface area (Å²) in [5, 5.41) is 11.8. The monoisotopic (exact) mass is 360 g/mol. The fourth-order valence-electron chi connectivity index (χ4n) is 3.08. The summed E-state index contributed by atoms with van der Waals surface area (Å²) in [5.41, 5.74) is -0.0536. The molecule has 3 rings (SSSR count). The maximum absolute atomic E-state index is 12.3. The molecular formula is C18H20N2O6. The second kappa shape index (κ2) is 7.15. The number of carbonyl (C=O) groups is 1. The van der Waals surface area contributed by atoms with Gasteiger partial charge in [-0.25, -0.2) is 4.79 Å². The van der Waals surface area contributed by atoms with Crippen LogP contribution in [0.3, 0.4) is 0 Å². The van der Waals surface area contributed by atoms with Crippen LogP contribution < -0.4 is 10.4 Å². The zero-order valence-corrected chi connectivity index (χ0v) is 14.7. The van der Waals surface area contributed by atoms with Crippen LogP contribution in [0.15, 0.2) is 27.4 Å². The highest BCUT2D eigenvalue weighted by Gasteiger charge is 2.23. The van der Waals surface area contributed by atoms with Gasteiger partial charge in [0.1, 0.15) is 5.58 Å². The minimum Gasteiger partial charge on any atom is -0.477 e. The van der Waals surface area contributed by atoms with Gasteiger partial charge in [-0.1, -0.05) is 6.92 Å².